The fourth-order valence-corrected chi connectivity index (χ4v) is 5.20. The summed E-state index contributed by atoms with van der Waals surface area (Å²) in [5, 5.41) is 6.16. The van der Waals surface area contributed by atoms with Crippen LogP contribution in [0.4, 0.5) is 4.79 Å². The maximum atomic E-state index is 12.3. The topological polar surface area (TPSA) is 62.8 Å². The number of urea groups is 1. The lowest BCUT2D eigenvalue weighted by Crippen LogP contribution is -2.60. The first-order valence-electron chi connectivity index (χ1n) is 8.76. The van der Waals surface area contributed by atoms with Crippen molar-refractivity contribution in [2.24, 2.45) is 0 Å². The third-order valence-corrected chi connectivity index (χ3v) is 6.46. The van der Waals surface area contributed by atoms with Crippen molar-refractivity contribution in [1.82, 2.24) is 15.5 Å². The van der Waals surface area contributed by atoms with E-state index in [1.807, 2.05) is 18.7 Å². The van der Waals surface area contributed by atoms with Gasteiger partial charge in [0.25, 0.3) is 0 Å². The summed E-state index contributed by atoms with van der Waals surface area (Å²) < 4.78 is 11.1. The Morgan fingerprint density at radius 1 is 1.39 bits per heavy atom. The molecule has 0 aromatic carbocycles. The van der Waals surface area contributed by atoms with E-state index in [1.54, 1.807) is 0 Å². The minimum atomic E-state index is -0.0717. The van der Waals surface area contributed by atoms with Gasteiger partial charge in [0.05, 0.1) is 25.4 Å². The van der Waals surface area contributed by atoms with E-state index in [0.717, 1.165) is 57.9 Å². The number of nitrogens with one attached hydrogen (secondary N) is 2. The highest BCUT2D eigenvalue weighted by Crippen LogP contribution is 2.33. The van der Waals surface area contributed by atoms with Crippen molar-refractivity contribution in [3.8, 4) is 0 Å². The minimum absolute atomic E-state index is 0.0646. The molecule has 3 aliphatic rings. The number of rotatable bonds is 5. The first-order chi connectivity index (χ1) is 11.2. The van der Waals surface area contributed by atoms with Gasteiger partial charge in [0.15, 0.2) is 0 Å². The number of carbonyl (C=O) groups excluding carboxylic acids is 1. The number of nitrogens with zero attached hydrogens (tertiary/aromatic N) is 1. The second-order valence-corrected chi connectivity index (χ2v) is 7.90. The van der Waals surface area contributed by atoms with Crippen LogP contribution in [0.2, 0.25) is 0 Å². The number of carbonyl (C=O) groups is 1. The molecule has 3 fully saturated rings. The second-order valence-electron chi connectivity index (χ2n) is 6.79. The number of amides is 2. The maximum absolute atomic E-state index is 12.3. The summed E-state index contributed by atoms with van der Waals surface area (Å²) in [6, 6.07) is -0.00711. The molecule has 2 N–H and O–H groups in total. The zero-order valence-corrected chi connectivity index (χ0v) is 14.8. The van der Waals surface area contributed by atoms with Gasteiger partial charge in [0, 0.05) is 37.5 Å². The Labute approximate surface area is 143 Å². The first-order valence-corrected chi connectivity index (χ1v) is 9.92. The van der Waals surface area contributed by atoms with Gasteiger partial charge in [0.2, 0.25) is 0 Å². The third-order valence-electron chi connectivity index (χ3n) is 5.22. The monoisotopic (exact) mass is 343 g/mol. The SMILES string of the molecule is CC(NC(=O)NCC1(N2CCOCC2)CCSC1)C1CCCO1. The predicted octanol–water partition coefficient (Wildman–Crippen LogP) is 1.06. The highest BCUT2D eigenvalue weighted by Gasteiger charge is 2.41. The molecule has 3 saturated heterocycles. The molecule has 3 rings (SSSR count). The Kier molecular flexibility index (Phi) is 6.07. The summed E-state index contributed by atoms with van der Waals surface area (Å²) in [6.45, 7) is 7.09. The average molecular weight is 343 g/mol. The number of morpholine rings is 1. The third kappa shape index (κ3) is 4.32. The number of hydrogen-bond acceptors (Lipinski definition) is 5. The van der Waals surface area contributed by atoms with Crippen LogP contribution in [0.15, 0.2) is 0 Å². The molecule has 2 amide bonds. The Morgan fingerprint density at radius 2 is 2.22 bits per heavy atom. The van der Waals surface area contributed by atoms with Gasteiger partial charge in [-0.15, -0.1) is 0 Å². The normalized spacial score (nSPS) is 33.5. The number of thioether (sulfide) groups is 1. The van der Waals surface area contributed by atoms with Crippen LogP contribution in [0, 0.1) is 0 Å². The van der Waals surface area contributed by atoms with Gasteiger partial charge in [-0.1, -0.05) is 0 Å². The van der Waals surface area contributed by atoms with E-state index in [1.165, 1.54) is 5.75 Å². The molecule has 23 heavy (non-hydrogen) atoms. The zero-order valence-electron chi connectivity index (χ0n) is 14.0. The lowest BCUT2D eigenvalue weighted by Gasteiger charge is -2.43. The van der Waals surface area contributed by atoms with E-state index >= 15 is 0 Å². The highest BCUT2D eigenvalue weighted by atomic mass is 32.2. The van der Waals surface area contributed by atoms with E-state index in [9.17, 15) is 4.79 Å². The number of hydrogen-bond donors (Lipinski definition) is 2. The van der Waals surface area contributed by atoms with Crippen molar-refractivity contribution in [2.75, 3.05) is 51.0 Å². The van der Waals surface area contributed by atoms with Crippen molar-refractivity contribution in [1.29, 1.82) is 0 Å². The predicted molar refractivity (Wildman–Crippen MR) is 92.0 cm³/mol. The van der Waals surface area contributed by atoms with Crippen molar-refractivity contribution < 1.29 is 14.3 Å². The second kappa shape index (κ2) is 8.05. The molecule has 3 heterocycles. The van der Waals surface area contributed by atoms with Crippen molar-refractivity contribution >= 4 is 17.8 Å². The molecule has 0 bridgehead atoms. The Hall–Kier alpha value is -0.500. The Bertz CT molecular complexity index is 392. The zero-order chi connectivity index (χ0) is 16.1. The lowest BCUT2D eigenvalue weighted by atomic mass is 9.95. The van der Waals surface area contributed by atoms with Gasteiger partial charge in [-0.2, -0.15) is 11.8 Å². The highest BCUT2D eigenvalue weighted by molar-refractivity contribution is 7.99. The van der Waals surface area contributed by atoms with Gasteiger partial charge >= 0.3 is 6.03 Å². The summed E-state index contributed by atoms with van der Waals surface area (Å²) >= 11 is 1.99. The van der Waals surface area contributed by atoms with Gasteiger partial charge in [-0.05, 0) is 31.9 Å². The van der Waals surface area contributed by atoms with E-state index in [0.29, 0.717) is 6.54 Å². The molecule has 132 valence electrons. The average Bonchev–Trinajstić information content (AvgIpc) is 3.26. The van der Waals surface area contributed by atoms with E-state index in [-0.39, 0.29) is 23.7 Å². The van der Waals surface area contributed by atoms with E-state index < -0.39 is 0 Å². The molecule has 0 spiro atoms. The fraction of sp³-hybridized carbons (Fsp3) is 0.938. The molecular formula is C16H29N3O3S. The minimum Gasteiger partial charge on any atom is -0.379 e. The van der Waals surface area contributed by atoms with Crippen molar-refractivity contribution in [3.63, 3.8) is 0 Å². The molecule has 0 aromatic heterocycles. The summed E-state index contributed by atoms with van der Waals surface area (Å²) in [4.78, 5) is 14.8. The molecule has 3 aliphatic heterocycles. The van der Waals surface area contributed by atoms with Crippen LogP contribution < -0.4 is 10.6 Å². The summed E-state index contributed by atoms with van der Waals surface area (Å²) in [5.41, 5.74) is 0.0961. The molecule has 0 aliphatic carbocycles. The molecular weight excluding hydrogens is 314 g/mol. The Balaban J connectivity index is 1.49. The van der Waals surface area contributed by atoms with Crippen LogP contribution in [0.1, 0.15) is 26.2 Å². The van der Waals surface area contributed by atoms with Gasteiger partial charge < -0.3 is 20.1 Å². The van der Waals surface area contributed by atoms with Crippen molar-refractivity contribution in [3.05, 3.63) is 0 Å². The molecule has 7 heteroatoms. The molecule has 0 aromatic rings. The van der Waals surface area contributed by atoms with E-state index in [4.69, 9.17) is 9.47 Å². The summed E-state index contributed by atoms with van der Waals surface area (Å²) in [7, 11) is 0. The molecule has 6 nitrogen and oxygen atoms in total. The van der Waals surface area contributed by atoms with Gasteiger partial charge in [-0.25, -0.2) is 4.79 Å². The van der Waals surface area contributed by atoms with Crippen molar-refractivity contribution in [2.45, 2.75) is 43.9 Å². The Morgan fingerprint density at radius 3 is 2.87 bits per heavy atom. The molecule has 0 saturated carbocycles. The van der Waals surface area contributed by atoms with Crippen LogP contribution in [0.3, 0.4) is 0 Å². The van der Waals surface area contributed by atoms with Crippen LogP contribution >= 0.6 is 11.8 Å². The van der Waals surface area contributed by atoms with E-state index in [2.05, 4.69) is 15.5 Å². The van der Waals surface area contributed by atoms with Crippen LogP contribution in [0.5, 0.6) is 0 Å². The first kappa shape index (κ1) is 17.3. The van der Waals surface area contributed by atoms with Crippen LogP contribution in [0.25, 0.3) is 0 Å². The van der Waals surface area contributed by atoms with Crippen LogP contribution in [-0.4, -0.2) is 79.6 Å². The van der Waals surface area contributed by atoms with Gasteiger partial charge in [0.1, 0.15) is 0 Å². The lowest BCUT2D eigenvalue weighted by molar-refractivity contribution is -0.0125. The largest absolute Gasteiger partial charge is 0.379 e. The molecule has 3 unspecified atom stereocenters. The molecule has 0 radical (unpaired) electrons. The maximum Gasteiger partial charge on any atom is 0.315 e. The quantitative estimate of drug-likeness (QED) is 0.782. The fourth-order valence-electron chi connectivity index (χ4n) is 3.73. The standard InChI is InChI=1S/C16H29N3O3S/c1-13(14-3-2-7-22-14)18-15(20)17-11-16(4-10-23-12-16)19-5-8-21-9-6-19/h13-14H,2-12H2,1H3,(H2,17,18,20). The smallest absolute Gasteiger partial charge is 0.315 e. The van der Waals surface area contributed by atoms with Gasteiger partial charge in [-0.3, -0.25) is 4.90 Å². The molecule has 3 atom stereocenters. The van der Waals surface area contributed by atoms with Crippen LogP contribution in [-0.2, 0) is 9.47 Å². The summed E-state index contributed by atoms with van der Waals surface area (Å²) in [6.07, 6.45) is 3.43. The summed E-state index contributed by atoms with van der Waals surface area (Å²) in [5.74, 6) is 2.27. The number of ether oxygens (including phenoxy) is 2.